The van der Waals surface area contributed by atoms with Crippen LogP contribution in [0.25, 0.3) is 0 Å². The molecule has 0 aromatic heterocycles. The monoisotopic (exact) mass is 236 g/mol. The SMILES string of the molecule is CCN(C(=O)N(C)C)c1cc(C=O)ccc1O. The predicted molar refractivity (Wildman–Crippen MR) is 65.6 cm³/mol. The average Bonchev–Trinajstić information content (AvgIpc) is 2.32. The lowest BCUT2D eigenvalue weighted by Gasteiger charge is -2.25. The molecule has 2 amide bonds. The van der Waals surface area contributed by atoms with E-state index in [4.69, 9.17) is 0 Å². The number of nitrogens with zero attached hydrogens (tertiary/aromatic N) is 2. The highest BCUT2D eigenvalue weighted by Crippen LogP contribution is 2.28. The largest absolute Gasteiger partial charge is 0.506 e. The van der Waals surface area contributed by atoms with Crippen LogP contribution in [0, 0.1) is 0 Å². The summed E-state index contributed by atoms with van der Waals surface area (Å²) in [6.07, 6.45) is 0.677. The minimum absolute atomic E-state index is 0.0207. The first kappa shape index (κ1) is 13.0. The molecule has 0 aliphatic carbocycles. The number of phenols is 1. The number of aromatic hydroxyl groups is 1. The normalized spacial score (nSPS) is 9.82. The second-order valence-electron chi connectivity index (χ2n) is 3.79. The Kier molecular flexibility index (Phi) is 4.09. The molecule has 0 radical (unpaired) electrons. The van der Waals surface area contributed by atoms with Crippen molar-refractivity contribution in [3.05, 3.63) is 23.8 Å². The highest BCUT2D eigenvalue weighted by atomic mass is 16.3. The van der Waals surface area contributed by atoms with Gasteiger partial charge in [-0.3, -0.25) is 9.69 Å². The lowest BCUT2D eigenvalue weighted by Crippen LogP contribution is -2.39. The van der Waals surface area contributed by atoms with Crippen LogP contribution >= 0.6 is 0 Å². The van der Waals surface area contributed by atoms with Crippen molar-refractivity contribution in [2.24, 2.45) is 0 Å². The highest BCUT2D eigenvalue weighted by molar-refractivity contribution is 5.94. The number of phenolic OH excluding ortho intramolecular Hbond substituents is 1. The maximum atomic E-state index is 11.9. The van der Waals surface area contributed by atoms with Crippen molar-refractivity contribution < 1.29 is 14.7 Å². The molecule has 1 aromatic carbocycles. The second kappa shape index (κ2) is 5.34. The number of anilines is 1. The van der Waals surface area contributed by atoms with Crippen LogP contribution in [0.5, 0.6) is 5.75 Å². The molecule has 0 unspecified atom stereocenters. The van der Waals surface area contributed by atoms with Crippen LogP contribution < -0.4 is 4.90 Å². The molecule has 0 heterocycles. The lowest BCUT2D eigenvalue weighted by molar-refractivity contribution is 0.112. The summed E-state index contributed by atoms with van der Waals surface area (Å²) in [5.74, 6) is -0.0207. The molecule has 5 nitrogen and oxygen atoms in total. The molecule has 0 saturated carbocycles. The molecule has 0 fully saturated rings. The minimum Gasteiger partial charge on any atom is -0.506 e. The Balaban J connectivity index is 3.19. The van der Waals surface area contributed by atoms with Gasteiger partial charge in [0.25, 0.3) is 0 Å². The molecule has 1 N–H and O–H groups in total. The van der Waals surface area contributed by atoms with E-state index in [9.17, 15) is 14.7 Å². The Bertz CT molecular complexity index is 430. The Hall–Kier alpha value is -2.04. The maximum absolute atomic E-state index is 11.9. The van der Waals surface area contributed by atoms with Gasteiger partial charge in [-0.15, -0.1) is 0 Å². The predicted octanol–water partition coefficient (Wildman–Crippen LogP) is 1.71. The van der Waals surface area contributed by atoms with Gasteiger partial charge < -0.3 is 10.0 Å². The molecule has 92 valence electrons. The molecule has 1 aromatic rings. The number of carbonyl (C=O) groups excluding carboxylic acids is 2. The highest BCUT2D eigenvalue weighted by Gasteiger charge is 2.18. The van der Waals surface area contributed by atoms with Crippen molar-refractivity contribution in [3.63, 3.8) is 0 Å². The van der Waals surface area contributed by atoms with E-state index in [1.165, 1.54) is 28.0 Å². The molecule has 0 bridgehead atoms. The molecule has 0 aliphatic rings. The van der Waals surface area contributed by atoms with E-state index in [1.807, 2.05) is 0 Å². The maximum Gasteiger partial charge on any atom is 0.324 e. The minimum atomic E-state index is -0.245. The molecular weight excluding hydrogens is 220 g/mol. The number of hydrogen-bond donors (Lipinski definition) is 1. The summed E-state index contributed by atoms with van der Waals surface area (Å²) in [6, 6.07) is 4.16. The third kappa shape index (κ3) is 2.75. The van der Waals surface area contributed by atoms with Crippen LogP contribution in [-0.2, 0) is 0 Å². The molecular formula is C12H16N2O3. The standard InChI is InChI=1S/C12H16N2O3/c1-4-14(12(17)13(2)3)10-7-9(8-15)5-6-11(10)16/h5-8,16H,4H2,1-3H3. The summed E-state index contributed by atoms with van der Waals surface area (Å²) in [7, 11) is 3.26. The van der Waals surface area contributed by atoms with Gasteiger partial charge >= 0.3 is 6.03 Å². The smallest absolute Gasteiger partial charge is 0.324 e. The van der Waals surface area contributed by atoms with Gasteiger partial charge in [-0.1, -0.05) is 0 Å². The van der Waals surface area contributed by atoms with Crippen molar-refractivity contribution in [1.82, 2.24) is 4.90 Å². The van der Waals surface area contributed by atoms with E-state index in [1.54, 1.807) is 21.0 Å². The van der Waals surface area contributed by atoms with E-state index in [2.05, 4.69) is 0 Å². The number of rotatable bonds is 3. The third-order valence-corrected chi connectivity index (χ3v) is 2.36. The first-order valence-electron chi connectivity index (χ1n) is 5.28. The van der Waals surface area contributed by atoms with E-state index < -0.39 is 0 Å². The van der Waals surface area contributed by atoms with Gasteiger partial charge in [0.15, 0.2) is 0 Å². The summed E-state index contributed by atoms with van der Waals surface area (Å²) in [5, 5.41) is 9.73. The Morgan fingerprint density at radius 1 is 1.41 bits per heavy atom. The Labute approximate surface area is 100 Å². The van der Waals surface area contributed by atoms with Gasteiger partial charge in [0.1, 0.15) is 12.0 Å². The van der Waals surface area contributed by atoms with E-state index in [-0.39, 0.29) is 11.8 Å². The molecule has 1 rings (SSSR count). The number of urea groups is 1. The Morgan fingerprint density at radius 3 is 2.53 bits per heavy atom. The fraction of sp³-hybridized carbons (Fsp3) is 0.333. The van der Waals surface area contributed by atoms with Gasteiger partial charge in [0.2, 0.25) is 0 Å². The van der Waals surface area contributed by atoms with Crippen LogP contribution in [-0.4, -0.2) is 43.0 Å². The first-order chi connectivity index (χ1) is 8.01. The van der Waals surface area contributed by atoms with E-state index >= 15 is 0 Å². The van der Waals surface area contributed by atoms with Gasteiger partial charge in [-0.05, 0) is 25.1 Å². The molecule has 17 heavy (non-hydrogen) atoms. The molecule has 0 saturated heterocycles. The number of aldehydes is 1. The van der Waals surface area contributed by atoms with Gasteiger partial charge in [0, 0.05) is 26.2 Å². The molecule has 0 atom stereocenters. The van der Waals surface area contributed by atoms with Crippen LogP contribution in [0.3, 0.4) is 0 Å². The van der Waals surface area contributed by atoms with Gasteiger partial charge in [-0.2, -0.15) is 0 Å². The zero-order chi connectivity index (χ0) is 13.0. The zero-order valence-corrected chi connectivity index (χ0v) is 10.2. The van der Waals surface area contributed by atoms with Crippen LogP contribution in [0.1, 0.15) is 17.3 Å². The van der Waals surface area contributed by atoms with Crippen molar-refractivity contribution in [2.75, 3.05) is 25.5 Å². The first-order valence-corrected chi connectivity index (χ1v) is 5.28. The van der Waals surface area contributed by atoms with E-state index in [0.29, 0.717) is 24.1 Å². The number of benzene rings is 1. The summed E-state index contributed by atoms with van der Waals surface area (Å²) in [5.41, 5.74) is 0.763. The van der Waals surface area contributed by atoms with Crippen molar-refractivity contribution >= 4 is 18.0 Å². The topological polar surface area (TPSA) is 60.9 Å². The molecule has 0 spiro atoms. The molecule has 0 aliphatic heterocycles. The fourth-order valence-corrected chi connectivity index (χ4v) is 1.48. The van der Waals surface area contributed by atoms with Crippen LogP contribution in [0.4, 0.5) is 10.5 Å². The number of carbonyl (C=O) groups is 2. The molecule has 5 heteroatoms. The lowest BCUT2D eigenvalue weighted by atomic mass is 10.2. The van der Waals surface area contributed by atoms with Crippen LogP contribution in [0.15, 0.2) is 18.2 Å². The number of hydrogen-bond acceptors (Lipinski definition) is 3. The quantitative estimate of drug-likeness (QED) is 0.813. The summed E-state index contributed by atoms with van der Waals surface area (Å²) >= 11 is 0. The average molecular weight is 236 g/mol. The van der Waals surface area contributed by atoms with E-state index in [0.717, 1.165) is 0 Å². The van der Waals surface area contributed by atoms with Crippen LogP contribution in [0.2, 0.25) is 0 Å². The number of amides is 2. The Morgan fingerprint density at radius 2 is 2.06 bits per heavy atom. The summed E-state index contributed by atoms with van der Waals surface area (Å²) in [6.45, 7) is 2.21. The summed E-state index contributed by atoms with van der Waals surface area (Å²) in [4.78, 5) is 25.4. The third-order valence-electron chi connectivity index (χ3n) is 2.36. The van der Waals surface area contributed by atoms with Gasteiger partial charge in [0.05, 0.1) is 5.69 Å². The van der Waals surface area contributed by atoms with Crippen molar-refractivity contribution in [1.29, 1.82) is 0 Å². The zero-order valence-electron chi connectivity index (χ0n) is 10.2. The van der Waals surface area contributed by atoms with Crippen molar-refractivity contribution in [2.45, 2.75) is 6.92 Å². The second-order valence-corrected chi connectivity index (χ2v) is 3.79. The van der Waals surface area contributed by atoms with Crippen molar-refractivity contribution in [3.8, 4) is 5.75 Å². The van der Waals surface area contributed by atoms with Gasteiger partial charge in [-0.25, -0.2) is 4.79 Å². The fourth-order valence-electron chi connectivity index (χ4n) is 1.48. The summed E-state index contributed by atoms with van der Waals surface area (Å²) < 4.78 is 0.